The van der Waals surface area contributed by atoms with Crippen molar-refractivity contribution in [3.8, 4) is 0 Å². The maximum Gasteiger partial charge on any atom is 0.321 e. The molecule has 0 aliphatic heterocycles. The first-order valence-electron chi connectivity index (χ1n) is 5.43. The van der Waals surface area contributed by atoms with E-state index in [1.54, 1.807) is 0 Å². The topological polar surface area (TPSA) is 113 Å². The van der Waals surface area contributed by atoms with E-state index in [0.29, 0.717) is 5.75 Å². The maximum atomic E-state index is 10.9. The molecule has 17 heavy (non-hydrogen) atoms. The third-order valence-corrected chi connectivity index (χ3v) is 3.46. The third kappa shape index (κ3) is 7.19. The minimum atomic E-state index is -1.07. The third-order valence-electron chi connectivity index (χ3n) is 2.30. The number of carbonyl (C=O) groups is 2. The normalized spacial score (nSPS) is 16.2. The zero-order chi connectivity index (χ0) is 13.4. The lowest BCUT2D eigenvalue weighted by Gasteiger charge is -2.19. The summed E-state index contributed by atoms with van der Waals surface area (Å²) in [5.41, 5.74) is 5.32. The Labute approximate surface area is 105 Å². The van der Waals surface area contributed by atoms with Crippen LogP contribution in [-0.2, 0) is 9.59 Å². The highest BCUT2D eigenvalue weighted by Gasteiger charge is 2.20. The predicted octanol–water partition coefficient (Wildman–Crippen LogP) is -0.0272. The first-order valence-corrected chi connectivity index (χ1v) is 6.58. The van der Waals surface area contributed by atoms with E-state index < -0.39 is 24.0 Å². The number of thioether (sulfide) groups is 1. The second-order valence-corrected chi connectivity index (χ2v) is 4.92. The fraction of sp³-hybridized carbons (Fsp3) is 0.800. The van der Waals surface area contributed by atoms with Gasteiger partial charge in [-0.25, -0.2) is 0 Å². The van der Waals surface area contributed by atoms with Gasteiger partial charge in [0, 0.05) is 17.5 Å². The second-order valence-electron chi connectivity index (χ2n) is 3.85. The van der Waals surface area contributed by atoms with Crippen molar-refractivity contribution < 1.29 is 19.8 Å². The Bertz CT molecular complexity index is 263. The molecule has 3 atom stereocenters. The number of aliphatic carboxylic acids is 2. The molecule has 0 saturated carbocycles. The molecule has 6 nitrogen and oxygen atoms in total. The lowest BCUT2D eigenvalue weighted by Crippen LogP contribution is -2.44. The zero-order valence-corrected chi connectivity index (χ0v) is 10.9. The molecule has 0 amide bonds. The molecule has 0 fully saturated rings. The Hall–Kier alpha value is -0.790. The number of rotatable bonds is 9. The molecule has 0 aromatic carbocycles. The Balaban J connectivity index is 4.02. The van der Waals surface area contributed by atoms with E-state index >= 15 is 0 Å². The van der Waals surface area contributed by atoms with Gasteiger partial charge >= 0.3 is 11.9 Å². The van der Waals surface area contributed by atoms with E-state index in [-0.39, 0.29) is 11.8 Å². The Morgan fingerprint density at radius 1 is 1.29 bits per heavy atom. The van der Waals surface area contributed by atoms with Crippen LogP contribution in [0.4, 0.5) is 0 Å². The summed E-state index contributed by atoms with van der Waals surface area (Å²) in [6, 6.07) is -1.50. The van der Waals surface area contributed by atoms with Gasteiger partial charge in [0.1, 0.15) is 12.1 Å². The van der Waals surface area contributed by atoms with Gasteiger partial charge in [0.05, 0.1) is 0 Å². The largest absolute Gasteiger partial charge is 0.480 e. The summed E-state index contributed by atoms with van der Waals surface area (Å²) >= 11 is 1.23. The SMILES string of the molecule is CCC(C)N[C@@H](CSC[C@H](N)C(=O)O)C(=O)O. The molecule has 7 heteroatoms. The quantitative estimate of drug-likeness (QED) is 0.462. The van der Waals surface area contributed by atoms with Gasteiger partial charge in [-0.1, -0.05) is 6.92 Å². The van der Waals surface area contributed by atoms with Crippen LogP contribution >= 0.6 is 11.8 Å². The minimum absolute atomic E-state index is 0.116. The molecule has 0 aliphatic rings. The van der Waals surface area contributed by atoms with Crippen LogP contribution < -0.4 is 11.1 Å². The van der Waals surface area contributed by atoms with E-state index in [2.05, 4.69) is 5.32 Å². The molecule has 0 radical (unpaired) electrons. The van der Waals surface area contributed by atoms with Crippen molar-refractivity contribution in [1.82, 2.24) is 5.32 Å². The summed E-state index contributed by atoms with van der Waals surface area (Å²) in [4.78, 5) is 21.4. The highest BCUT2D eigenvalue weighted by molar-refractivity contribution is 7.99. The number of nitrogens with two attached hydrogens (primary N) is 1. The van der Waals surface area contributed by atoms with Gasteiger partial charge in [-0.15, -0.1) is 0 Å². The van der Waals surface area contributed by atoms with Gasteiger partial charge < -0.3 is 21.3 Å². The van der Waals surface area contributed by atoms with E-state index in [4.69, 9.17) is 15.9 Å². The van der Waals surface area contributed by atoms with Gasteiger partial charge in [0.2, 0.25) is 0 Å². The molecule has 100 valence electrons. The molecule has 0 rings (SSSR count). The summed E-state index contributed by atoms with van der Waals surface area (Å²) in [7, 11) is 0. The van der Waals surface area contributed by atoms with E-state index in [9.17, 15) is 9.59 Å². The average Bonchev–Trinajstić information content (AvgIpc) is 2.26. The lowest BCUT2D eigenvalue weighted by atomic mass is 10.2. The summed E-state index contributed by atoms with van der Waals surface area (Å²) in [5, 5.41) is 20.5. The van der Waals surface area contributed by atoms with Crippen molar-refractivity contribution in [3.05, 3.63) is 0 Å². The van der Waals surface area contributed by atoms with Crippen LogP contribution in [0.25, 0.3) is 0 Å². The predicted molar refractivity (Wildman–Crippen MR) is 67.2 cm³/mol. The maximum absolute atomic E-state index is 10.9. The van der Waals surface area contributed by atoms with Crippen molar-refractivity contribution in [2.45, 2.75) is 38.4 Å². The summed E-state index contributed by atoms with van der Waals surface area (Å²) in [5.74, 6) is -1.48. The molecular formula is C10H20N2O4S. The van der Waals surface area contributed by atoms with Gasteiger partial charge in [0.15, 0.2) is 0 Å². The molecule has 0 aromatic heterocycles. The fourth-order valence-electron chi connectivity index (χ4n) is 1.04. The van der Waals surface area contributed by atoms with Crippen molar-refractivity contribution in [2.75, 3.05) is 11.5 Å². The van der Waals surface area contributed by atoms with Crippen LogP contribution in [0.2, 0.25) is 0 Å². The molecule has 0 aliphatic carbocycles. The molecule has 0 aromatic rings. The van der Waals surface area contributed by atoms with E-state index in [1.165, 1.54) is 11.8 Å². The van der Waals surface area contributed by atoms with Crippen molar-refractivity contribution in [1.29, 1.82) is 0 Å². The fourth-order valence-corrected chi connectivity index (χ4v) is 2.04. The number of nitrogens with one attached hydrogen (secondary N) is 1. The molecule has 5 N–H and O–H groups in total. The van der Waals surface area contributed by atoms with Crippen LogP contribution in [0.5, 0.6) is 0 Å². The van der Waals surface area contributed by atoms with Crippen molar-refractivity contribution in [3.63, 3.8) is 0 Å². The molecule has 0 saturated heterocycles. The molecule has 0 bridgehead atoms. The standard InChI is InChI=1S/C10H20N2O4S/c1-3-6(2)12-8(10(15)16)5-17-4-7(11)9(13)14/h6-8,12H,3-5,11H2,1-2H3,(H,13,14)(H,15,16)/t6?,7-,8-/m0/s1. The Morgan fingerprint density at radius 2 is 1.88 bits per heavy atom. The first kappa shape index (κ1) is 16.2. The number of hydrogen-bond acceptors (Lipinski definition) is 5. The zero-order valence-electron chi connectivity index (χ0n) is 10.0. The van der Waals surface area contributed by atoms with Gasteiger partial charge in [-0.3, -0.25) is 9.59 Å². The average molecular weight is 264 g/mol. The minimum Gasteiger partial charge on any atom is -0.480 e. The Kier molecular flexibility index (Phi) is 7.94. The number of carboxylic acid groups (broad SMARTS) is 2. The molecule has 0 heterocycles. The number of carboxylic acids is 2. The monoisotopic (exact) mass is 264 g/mol. The van der Waals surface area contributed by atoms with E-state index in [1.807, 2.05) is 13.8 Å². The second kappa shape index (κ2) is 8.32. The van der Waals surface area contributed by atoms with Crippen LogP contribution in [-0.4, -0.2) is 51.8 Å². The highest BCUT2D eigenvalue weighted by atomic mass is 32.2. The van der Waals surface area contributed by atoms with Crippen LogP contribution in [0, 0.1) is 0 Å². The molecular weight excluding hydrogens is 244 g/mol. The van der Waals surface area contributed by atoms with Crippen LogP contribution in [0.15, 0.2) is 0 Å². The van der Waals surface area contributed by atoms with Crippen LogP contribution in [0.3, 0.4) is 0 Å². The van der Waals surface area contributed by atoms with Gasteiger partial charge in [-0.05, 0) is 13.3 Å². The summed E-state index contributed by atoms with van der Waals surface area (Å²) in [6.45, 7) is 3.87. The lowest BCUT2D eigenvalue weighted by molar-refractivity contribution is -0.139. The Morgan fingerprint density at radius 3 is 2.29 bits per heavy atom. The highest BCUT2D eigenvalue weighted by Crippen LogP contribution is 2.06. The van der Waals surface area contributed by atoms with Crippen molar-refractivity contribution in [2.24, 2.45) is 5.73 Å². The molecule has 1 unspecified atom stereocenters. The number of hydrogen-bond donors (Lipinski definition) is 4. The van der Waals surface area contributed by atoms with E-state index in [0.717, 1.165) is 6.42 Å². The molecule has 0 spiro atoms. The van der Waals surface area contributed by atoms with Crippen molar-refractivity contribution >= 4 is 23.7 Å². The van der Waals surface area contributed by atoms with Crippen LogP contribution in [0.1, 0.15) is 20.3 Å². The summed E-state index contributed by atoms with van der Waals surface area (Å²) in [6.07, 6.45) is 0.836. The first-order chi connectivity index (χ1) is 7.88. The smallest absolute Gasteiger partial charge is 0.321 e. The van der Waals surface area contributed by atoms with Gasteiger partial charge in [-0.2, -0.15) is 11.8 Å². The summed E-state index contributed by atoms with van der Waals surface area (Å²) < 4.78 is 0. The van der Waals surface area contributed by atoms with Gasteiger partial charge in [0.25, 0.3) is 0 Å².